The zero-order chi connectivity index (χ0) is 23.3. The molecule has 3 aromatic rings. The van der Waals surface area contributed by atoms with E-state index >= 15 is 0 Å². The topological polar surface area (TPSA) is 120 Å². The molecule has 0 aliphatic heterocycles. The molecule has 14 heteroatoms. The third-order valence-electron chi connectivity index (χ3n) is 5.08. The zero-order valence-corrected chi connectivity index (χ0v) is 18.0. The average molecular weight is 489 g/mol. The van der Waals surface area contributed by atoms with Gasteiger partial charge in [0, 0.05) is 6.20 Å². The summed E-state index contributed by atoms with van der Waals surface area (Å²) in [5.74, 6) is -1.94. The number of hydrogen-bond acceptors (Lipinski definition) is 8. The van der Waals surface area contributed by atoms with Crippen molar-refractivity contribution in [3.8, 4) is 0 Å². The Labute approximate surface area is 184 Å². The SMILES string of the molecule is CCS(=O)(=O)c1ccc(CNc2nc3cnc(Cl)nc3n([C@H]3C[C@@H]3C(F)(F)F)c2=O)nc1. The minimum atomic E-state index is -4.45. The van der Waals surface area contributed by atoms with Crippen molar-refractivity contribution in [2.75, 3.05) is 11.1 Å². The minimum Gasteiger partial charge on any atom is -0.360 e. The fourth-order valence-electron chi connectivity index (χ4n) is 3.26. The van der Waals surface area contributed by atoms with E-state index in [4.69, 9.17) is 11.6 Å². The van der Waals surface area contributed by atoms with Crippen LogP contribution in [-0.4, -0.2) is 44.8 Å². The van der Waals surface area contributed by atoms with Crippen molar-refractivity contribution in [1.82, 2.24) is 24.5 Å². The molecule has 1 saturated carbocycles. The van der Waals surface area contributed by atoms with E-state index in [1.807, 2.05) is 0 Å². The molecule has 0 amide bonds. The molecule has 0 bridgehead atoms. The minimum absolute atomic E-state index is 0.0119. The number of pyridine rings is 1. The van der Waals surface area contributed by atoms with E-state index < -0.39 is 33.5 Å². The molecule has 3 aromatic heterocycles. The Kier molecular flexibility index (Phi) is 5.57. The van der Waals surface area contributed by atoms with E-state index in [9.17, 15) is 26.4 Å². The molecule has 1 N–H and O–H groups in total. The maximum atomic E-state index is 13.1. The van der Waals surface area contributed by atoms with Crippen molar-refractivity contribution >= 4 is 38.4 Å². The van der Waals surface area contributed by atoms with Crippen LogP contribution in [0.2, 0.25) is 5.28 Å². The summed E-state index contributed by atoms with van der Waals surface area (Å²) < 4.78 is 64.1. The summed E-state index contributed by atoms with van der Waals surface area (Å²) in [5.41, 5.74) is -0.361. The zero-order valence-electron chi connectivity index (χ0n) is 16.5. The van der Waals surface area contributed by atoms with Gasteiger partial charge in [0.1, 0.15) is 5.52 Å². The molecular weight excluding hydrogens is 473 g/mol. The maximum Gasteiger partial charge on any atom is 0.393 e. The first-order valence-corrected chi connectivity index (χ1v) is 11.5. The number of nitrogens with one attached hydrogen (secondary N) is 1. The van der Waals surface area contributed by atoms with E-state index in [1.165, 1.54) is 31.5 Å². The number of aromatic nitrogens is 5. The van der Waals surface area contributed by atoms with Crippen LogP contribution in [0.3, 0.4) is 0 Å². The van der Waals surface area contributed by atoms with Crippen LogP contribution in [0.4, 0.5) is 19.0 Å². The summed E-state index contributed by atoms with van der Waals surface area (Å²) >= 11 is 5.78. The first kappa shape index (κ1) is 22.4. The standard InChI is InChI=1S/C18H16ClF3N6O3S/c1-2-32(30,31)10-4-3-9(23-7-10)6-24-14-16(29)28(13-5-11(13)18(20,21)22)15-12(26-14)8-25-17(19)27-15/h3-4,7-8,11,13H,2,5-6H2,1H3,(H,24,26)/t11-,13-/m0/s1. The van der Waals surface area contributed by atoms with Gasteiger partial charge < -0.3 is 5.32 Å². The van der Waals surface area contributed by atoms with Crippen LogP contribution in [0.25, 0.3) is 11.2 Å². The average Bonchev–Trinajstić information content (AvgIpc) is 3.54. The highest BCUT2D eigenvalue weighted by Crippen LogP contribution is 2.53. The third kappa shape index (κ3) is 4.26. The molecule has 1 fully saturated rings. The number of anilines is 1. The lowest BCUT2D eigenvalue weighted by Crippen LogP contribution is -2.27. The Hall–Kier alpha value is -2.80. The van der Waals surface area contributed by atoms with Gasteiger partial charge in [0.2, 0.25) is 5.28 Å². The Morgan fingerprint density at radius 3 is 2.56 bits per heavy atom. The van der Waals surface area contributed by atoms with E-state index in [1.54, 1.807) is 0 Å². The number of sulfone groups is 1. The summed E-state index contributed by atoms with van der Waals surface area (Å²) in [6, 6.07) is 1.75. The molecular formula is C18H16ClF3N6O3S. The molecule has 0 aromatic carbocycles. The summed E-state index contributed by atoms with van der Waals surface area (Å²) in [4.78, 5) is 28.9. The number of halogens is 4. The lowest BCUT2D eigenvalue weighted by Gasteiger charge is -2.13. The van der Waals surface area contributed by atoms with E-state index in [0.717, 1.165) is 4.57 Å². The van der Waals surface area contributed by atoms with Gasteiger partial charge in [-0.05, 0) is 30.2 Å². The van der Waals surface area contributed by atoms with Gasteiger partial charge >= 0.3 is 6.18 Å². The number of alkyl halides is 3. The second-order valence-corrected chi connectivity index (χ2v) is 9.79. The predicted molar refractivity (Wildman–Crippen MR) is 109 cm³/mol. The van der Waals surface area contributed by atoms with Crippen LogP contribution in [0.1, 0.15) is 25.1 Å². The summed E-state index contributed by atoms with van der Waals surface area (Å²) in [6.07, 6.45) is -2.28. The Morgan fingerprint density at radius 2 is 1.97 bits per heavy atom. The first-order chi connectivity index (χ1) is 15.0. The van der Waals surface area contributed by atoms with Gasteiger partial charge in [-0.3, -0.25) is 14.3 Å². The molecule has 0 spiro atoms. The number of nitrogens with zero attached hydrogens (tertiary/aromatic N) is 5. The third-order valence-corrected chi connectivity index (χ3v) is 6.99. The molecule has 0 unspecified atom stereocenters. The summed E-state index contributed by atoms with van der Waals surface area (Å²) in [6.45, 7) is 1.50. The van der Waals surface area contributed by atoms with Gasteiger partial charge in [0.05, 0.1) is 41.0 Å². The molecule has 2 atom stereocenters. The van der Waals surface area contributed by atoms with E-state index in [-0.39, 0.29) is 45.9 Å². The van der Waals surface area contributed by atoms with Crippen LogP contribution in [-0.2, 0) is 16.4 Å². The highest BCUT2D eigenvalue weighted by molar-refractivity contribution is 7.91. The molecule has 9 nitrogen and oxygen atoms in total. The largest absolute Gasteiger partial charge is 0.393 e. The molecule has 0 saturated heterocycles. The Bertz CT molecular complexity index is 1350. The van der Waals surface area contributed by atoms with Crippen molar-refractivity contribution in [2.45, 2.75) is 37.0 Å². The molecule has 32 heavy (non-hydrogen) atoms. The molecule has 1 aliphatic carbocycles. The fourth-order valence-corrected chi connectivity index (χ4v) is 4.21. The van der Waals surface area contributed by atoms with Gasteiger partial charge in [0.25, 0.3) is 5.56 Å². The van der Waals surface area contributed by atoms with Crippen molar-refractivity contribution in [3.63, 3.8) is 0 Å². The second kappa shape index (κ2) is 7.96. The predicted octanol–water partition coefficient (Wildman–Crippen LogP) is 2.76. The number of hydrogen-bond donors (Lipinski definition) is 1. The van der Waals surface area contributed by atoms with E-state index in [2.05, 4.69) is 25.3 Å². The molecule has 3 heterocycles. The highest BCUT2D eigenvalue weighted by Gasteiger charge is 2.57. The Morgan fingerprint density at radius 1 is 1.22 bits per heavy atom. The first-order valence-electron chi connectivity index (χ1n) is 9.44. The fraction of sp³-hybridized carbons (Fsp3) is 0.389. The van der Waals surface area contributed by atoms with E-state index in [0.29, 0.717) is 5.69 Å². The van der Waals surface area contributed by atoms with Gasteiger partial charge in [0.15, 0.2) is 21.3 Å². The quantitative estimate of drug-likeness (QED) is 0.526. The van der Waals surface area contributed by atoms with Crippen LogP contribution in [0.5, 0.6) is 0 Å². The lowest BCUT2D eigenvalue weighted by atomic mass is 10.3. The molecule has 4 rings (SSSR count). The Balaban J connectivity index is 1.66. The van der Waals surface area contributed by atoms with Crippen molar-refractivity contribution in [3.05, 3.63) is 45.9 Å². The van der Waals surface area contributed by atoms with Crippen LogP contribution >= 0.6 is 11.6 Å². The van der Waals surface area contributed by atoms with Crippen molar-refractivity contribution in [2.24, 2.45) is 5.92 Å². The molecule has 0 radical (unpaired) electrons. The second-order valence-electron chi connectivity index (χ2n) is 7.18. The van der Waals surface area contributed by atoms with Crippen LogP contribution in [0, 0.1) is 5.92 Å². The van der Waals surface area contributed by atoms with Gasteiger partial charge in [-0.2, -0.15) is 18.2 Å². The molecule has 170 valence electrons. The normalized spacial score (nSPS) is 18.7. The monoisotopic (exact) mass is 488 g/mol. The van der Waals surface area contributed by atoms with Gasteiger partial charge in [-0.1, -0.05) is 6.92 Å². The lowest BCUT2D eigenvalue weighted by molar-refractivity contribution is -0.150. The molecule has 1 aliphatic rings. The summed E-state index contributed by atoms with van der Waals surface area (Å²) in [5, 5.41) is 2.54. The summed E-state index contributed by atoms with van der Waals surface area (Å²) in [7, 11) is -3.41. The van der Waals surface area contributed by atoms with Gasteiger partial charge in [-0.25, -0.2) is 18.4 Å². The van der Waals surface area contributed by atoms with Crippen molar-refractivity contribution < 1.29 is 21.6 Å². The number of rotatable bonds is 6. The van der Waals surface area contributed by atoms with Crippen LogP contribution in [0.15, 0.2) is 34.2 Å². The van der Waals surface area contributed by atoms with Crippen molar-refractivity contribution in [1.29, 1.82) is 0 Å². The maximum absolute atomic E-state index is 13.1. The van der Waals surface area contributed by atoms with Crippen LogP contribution < -0.4 is 10.9 Å². The highest BCUT2D eigenvalue weighted by atomic mass is 35.5. The smallest absolute Gasteiger partial charge is 0.360 e. The van der Waals surface area contributed by atoms with Gasteiger partial charge in [-0.15, -0.1) is 0 Å². The number of fused-ring (bicyclic) bond motifs is 1.